The lowest BCUT2D eigenvalue weighted by Crippen LogP contribution is -2.40. The summed E-state index contributed by atoms with van der Waals surface area (Å²) in [6, 6.07) is 8.15. The number of aliphatic hydroxyl groups is 2. The second kappa shape index (κ2) is 4.00. The molecule has 3 nitrogen and oxygen atoms in total. The lowest BCUT2D eigenvalue weighted by Gasteiger charge is -2.16. The van der Waals surface area contributed by atoms with Crippen LogP contribution >= 0.6 is 15.9 Å². The van der Waals surface area contributed by atoms with Gasteiger partial charge in [-0.1, -0.05) is 46.3 Å². The Hall–Kier alpha value is -0.710. The Bertz CT molecular complexity index is 295. The molecular weight excluding hydrogens is 236 g/mol. The van der Waals surface area contributed by atoms with E-state index in [0.29, 0.717) is 0 Å². The molecule has 1 rings (SSSR count). The highest BCUT2D eigenvalue weighted by atomic mass is 79.9. The van der Waals surface area contributed by atoms with Crippen molar-refractivity contribution in [2.75, 3.05) is 5.33 Å². The third kappa shape index (κ3) is 2.37. The first-order chi connectivity index (χ1) is 6.08. The van der Waals surface area contributed by atoms with Crippen LogP contribution in [0.25, 0.3) is 0 Å². The molecule has 2 N–H and O–H groups in total. The van der Waals surface area contributed by atoms with Crippen molar-refractivity contribution in [3.05, 3.63) is 35.9 Å². The molecule has 70 valence electrons. The summed E-state index contributed by atoms with van der Waals surface area (Å²) in [7, 11) is 0. The van der Waals surface area contributed by atoms with E-state index in [9.17, 15) is 15.0 Å². The highest BCUT2D eigenvalue weighted by Crippen LogP contribution is 2.12. The number of alkyl halides is 1. The molecule has 0 heterocycles. The van der Waals surface area contributed by atoms with Gasteiger partial charge in [0.25, 0.3) is 0 Å². The number of Topliss-reactive ketones (excluding diaryl/α,β-unsaturated/α-hetero) is 1. The van der Waals surface area contributed by atoms with Crippen molar-refractivity contribution in [3.8, 4) is 0 Å². The van der Waals surface area contributed by atoms with Crippen LogP contribution in [0.15, 0.2) is 30.3 Å². The van der Waals surface area contributed by atoms with E-state index >= 15 is 0 Å². The Labute approximate surface area is 84.1 Å². The molecule has 0 aliphatic rings. The summed E-state index contributed by atoms with van der Waals surface area (Å²) in [6.45, 7) is 0. The van der Waals surface area contributed by atoms with Crippen LogP contribution in [-0.2, 0) is 0 Å². The quantitative estimate of drug-likeness (QED) is 0.473. The second-order valence-electron chi connectivity index (χ2n) is 2.65. The van der Waals surface area contributed by atoms with Gasteiger partial charge in [-0.2, -0.15) is 0 Å². The number of hydrogen-bond acceptors (Lipinski definition) is 3. The monoisotopic (exact) mass is 244 g/mol. The highest BCUT2D eigenvalue weighted by molar-refractivity contribution is 9.09. The first-order valence-corrected chi connectivity index (χ1v) is 4.80. The van der Waals surface area contributed by atoms with Gasteiger partial charge in [0.15, 0.2) is 0 Å². The standard InChI is InChI=1S/C9H9BrO3/c10-6-9(12,13)8(11)7-4-2-1-3-5-7/h1-5,12-13H,6H2. The average Bonchev–Trinajstić information content (AvgIpc) is 2.18. The van der Waals surface area contributed by atoms with Crippen LogP contribution in [-0.4, -0.2) is 27.1 Å². The Morgan fingerprint density at radius 1 is 1.31 bits per heavy atom. The topological polar surface area (TPSA) is 57.5 Å². The minimum atomic E-state index is -2.32. The van der Waals surface area contributed by atoms with E-state index in [1.54, 1.807) is 18.2 Å². The molecule has 0 atom stereocenters. The van der Waals surface area contributed by atoms with Crippen molar-refractivity contribution in [1.82, 2.24) is 0 Å². The number of halogens is 1. The van der Waals surface area contributed by atoms with E-state index < -0.39 is 11.6 Å². The van der Waals surface area contributed by atoms with Crippen LogP contribution in [0.4, 0.5) is 0 Å². The zero-order valence-corrected chi connectivity index (χ0v) is 8.36. The highest BCUT2D eigenvalue weighted by Gasteiger charge is 2.32. The van der Waals surface area contributed by atoms with Gasteiger partial charge in [0.2, 0.25) is 11.6 Å². The fraction of sp³-hybridized carbons (Fsp3) is 0.222. The molecule has 0 radical (unpaired) electrons. The molecule has 0 unspecified atom stereocenters. The molecule has 0 bridgehead atoms. The predicted molar refractivity (Wildman–Crippen MR) is 51.7 cm³/mol. The third-order valence-electron chi connectivity index (χ3n) is 1.59. The molecule has 0 fully saturated rings. The van der Waals surface area contributed by atoms with E-state index in [4.69, 9.17) is 0 Å². The minimum absolute atomic E-state index is 0.201. The van der Waals surface area contributed by atoms with Crippen LogP contribution in [0.1, 0.15) is 10.4 Å². The number of rotatable bonds is 3. The molecule has 13 heavy (non-hydrogen) atoms. The van der Waals surface area contributed by atoms with Gasteiger partial charge in [-0.25, -0.2) is 0 Å². The number of ketones is 1. The molecule has 0 aromatic heterocycles. The summed E-state index contributed by atoms with van der Waals surface area (Å²) in [4.78, 5) is 11.4. The Balaban J connectivity index is 2.93. The van der Waals surface area contributed by atoms with Crippen molar-refractivity contribution >= 4 is 21.7 Å². The maximum atomic E-state index is 11.4. The normalized spacial score (nSPS) is 11.3. The summed E-state index contributed by atoms with van der Waals surface area (Å²) in [6.07, 6.45) is 0. The van der Waals surface area contributed by atoms with Crippen molar-refractivity contribution in [1.29, 1.82) is 0 Å². The second-order valence-corrected chi connectivity index (χ2v) is 3.21. The van der Waals surface area contributed by atoms with Gasteiger partial charge in [0.1, 0.15) is 0 Å². The van der Waals surface area contributed by atoms with Gasteiger partial charge in [-0.15, -0.1) is 0 Å². The molecular formula is C9H9BrO3. The van der Waals surface area contributed by atoms with Crippen molar-refractivity contribution in [3.63, 3.8) is 0 Å². The largest absolute Gasteiger partial charge is 0.359 e. The van der Waals surface area contributed by atoms with Crippen LogP contribution in [0.3, 0.4) is 0 Å². The summed E-state index contributed by atoms with van der Waals surface area (Å²) in [5, 5.41) is 18.2. The maximum absolute atomic E-state index is 11.4. The molecule has 1 aromatic carbocycles. The van der Waals surface area contributed by atoms with Crippen molar-refractivity contribution < 1.29 is 15.0 Å². The van der Waals surface area contributed by atoms with E-state index in [1.165, 1.54) is 12.1 Å². The molecule has 0 amide bonds. The fourth-order valence-corrected chi connectivity index (χ4v) is 1.14. The Kier molecular flexibility index (Phi) is 3.19. The number of hydrogen-bond donors (Lipinski definition) is 2. The van der Waals surface area contributed by atoms with Gasteiger partial charge in [0.05, 0.1) is 5.33 Å². The van der Waals surface area contributed by atoms with Crippen LogP contribution in [0, 0.1) is 0 Å². The van der Waals surface area contributed by atoms with Gasteiger partial charge in [-0.05, 0) is 0 Å². The first kappa shape index (κ1) is 10.4. The van der Waals surface area contributed by atoms with Gasteiger partial charge in [0, 0.05) is 5.56 Å². The Morgan fingerprint density at radius 2 is 1.85 bits per heavy atom. The summed E-state index contributed by atoms with van der Waals surface area (Å²) in [5.41, 5.74) is 0.284. The van der Waals surface area contributed by atoms with Crippen LogP contribution in [0.5, 0.6) is 0 Å². The first-order valence-electron chi connectivity index (χ1n) is 3.68. The van der Waals surface area contributed by atoms with Gasteiger partial charge >= 0.3 is 0 Å². The molecule has 1 aromatic rings. The average molecular weight is 245 g/mol. The molecule has 4 heteroatoms. The smallest absolute Gasteiger partial charge is 0.238 e. The molecule has 0 aliphatic carbocycles. The molecule has 0 saturated heterocycles. The minimum Gasteiger partial charge on any atom is -0.359 e. The lowest BCUT2D eigenvalue weighted by molar-refractivity contribution is -0.101. The van der Waals surface area contributed by atoms with Gasteiger partial charge < -0.3 is 10.2 Å². The fourth-order valence-electron chi connectivity index (χ4n) is 0.881. The van der Waals surface area contributed by atoms with E-state index in [0.717, 1.165) is 0 Å². The van der Waals surface area contributed by atoms with Crippen LogP contribution < -0.4 is 0 Å². The van der Waals surface area contributed by atoms with Crippen LogP contribution in [0.2, 0.25) is 0 Å². The summed E-state index contributed by atoms with van der Waals surface area (Å²) in [5.74, 6) is -3.02. The van der Waals surface area contributed by atoms with E-state index in [1.807, 2.05) is 0 Å². The van der Waals surface area contributed by atoms with Crippen molar-refractivity contribution in [2.24, 2.45) is 0 Å². The van der Waals surface area contributed by atoms with E-state index in [-0.39, 0.29) is 10.9 Å². The van der Waals surface area contributed by atoms with E-state index in [2.05, 4.69) is 15.9 Å². The SMILES string of the molecule is O=C(c1ccccc1)C(O)(O)CBr. The number of carbonyl (C=O) groups excluding carboxylic acids is 1. The van der Waals surface area contributed by atoms with Crippen molar-refractivity contribution in [2.45, 2.75) is 5.79 Å². The van der Waals surface area contributed by atoms with Gasteiger partial charge in [-0.3, -0.25) is 4.79 Å². The zero-order chi connectivity index (χ0) is 9.90. The molecule has 0 aliphatic heterocycles. The number of carbonyl (C=O) groups is 1. The lowest BCUT2D eigenvalue weighted by atomic mass is 10.1. The Morgan fingerprint density at radius 3 is 2.31 bits per heavy atom. The molecule has 0 spiro atoms. The number of benzene rings is 1. The zero-order valence-electron chi connectivity index (χ0n) is 6.77. The molecule has 0 saturated carbocycles. The summed E-state index contributed by atoms with van der Waals surface area (Å²) < 4.78 is 0. The maximum Gasteiger partial charge on any atom is 0.238 e. The summed E-state index contributed by atoms with van der Waals surface area (Å²) >= 11 is 2.85. The third-order valence-corrected chi connectivity index (χ3v) is 2.37. The predicted octanol–water partition coefficient (Wildman–Crippen LogP) is 0.945.